The lowest BCUT2D eigenvalue weighted by atomic mass is 9.84. The Morgan fingerprint density at radius 2 is 1.95 bits per heavy atom. The number of aromatic nitrogens is 1. The molecule has 2 aromatic heterocycles. The normalized spacial score (nSPS) is 18.0. The van der Waals surface area contributed by atoms with Crippen LogP contribution in [0.5, 0.6) is 0 Å². The third-order valence-electron chi connectivity index (χ3n) is 6.88. The minimum atomic E-state index is -1.88. The maximum atomic E-state index is 14.5. The Labute approximate surface area is 225 Å². The Morgan fingerprint density at radius 3 is 2.68 bits per heavy atom. The summed E-state index contributed by atoms with van der Waals surface area (Å²) in [6.45, 7) is 3.91. The molecule has 2 amide bonds. The smallest absolute Gasteiger partial charge is 0.350 e. The number of anilines is 2. The fourth-order valence-electron chi connectivity index (χ4n) is 5.34. The topological polar surface area (TPSA) is 110 Å². The van der Waals surface area contributed by atoms with E-state index in [4.69, 9.17) is 20.8 Å². The predicted octanol–water partition coefficient (Wildman–Crippen LogP) is 4.66. The molecule has 4 aromatic rings. The van der Waals surface area contributed by atoms with Crippen LogP contribution in [0.3, 0.4) is 0 Å². The number of benzene rings is 2. The maximum absolute atomic E-state index is 14.5. The number of thiazole rings is 1. The van der Waals surface area contributed by atoms with Gasteiger partial charge in [-0.3, -0.25) is 19.3 Å². The molecule has 2 aromatic carbocycles. The summed E-state index contributed by atoms with van der Waals surface area (Å²) in [6.07, 6.45) is 0.641. The first kappa shape index (κ1) is 24.3. The van der Waals surface area contributed by atoms with Gasteiger partial charge in [-0.05, 0) is 37.6 Å². The fourth-order valence-corrected chi connectivity index (χ4v) is 6.55. The largest absolute Gasteiger partial charge is 0.465 e. The van der Waals surface area contributed by atoms with Crippen LogP contribution < -0.4 is 15.2 Å². The lowest BCUT2D eigenvalue weighted by Gasteiger charge is -2.32. The molecule has 11 heteroatoms. The Morgan fingerprint density at radius 1 is 1.18 bits per heavy atom. The van der Waals surface area contributed by atoms with Crippen LogP contribution in [-0.4, -0.2) is 36.4 Å². The van der Waals surface area contributed by atoms with E-state index in [-0.39, 0.29) is 32.3 Å². The molecule has 0 saturated heterocycles. The number of carbonyl (C=O) groups excluding carboxylic acids is 3. The average Bonchev–Trinajstić information content (AvgIpc) is 3.49. The monoisotopic (exact) mass is 549 g/mol. The van der Waals surface area contributed by atoms with Crippen molar-refractivity contribution in [3.05, 3.63) is 85.2 Å². The highest BCUT2D eigenvalue weighted by Crippen LogP contribution is 2.54. The lowest BCUT2D eigenvalue weighted by molar-refractivity contribution is -0.121. The van der Waals surface area contributed by atoms with Gasteiger partial charge in [-0.15, -0.1) is 0 Å². The average molecular weight is 550 g/mol. The molecule has 2 aliphatic rings. The van der Waals surface area contributed by atoms with E-state index in [9.17, 15) is 19.2 Å². The van der Waals surface area contributed by atoms with Gasteiger partial charge in [0.25, 0.3) is 11.8 Å². The van der Waals surface area contributed by atoms with Gasteiger partial charge in [-0.25, -0.2) is 9.78 Å². The van der Waals surface area contributed by atoms with Gasteiger partial charge in [0, 0.05) is 17.1 Å². The van der Waals surface area contributed by atoms with Crippen molar-refractivity contribution in [2.24, 2.45) is 0 Å². The van der Waals surface area contributed by atoms with Crippen LogP contribution in [0.25, 0.3) is 11.0 Å². The highest BCUT2D eigenvalue weighted by molar-refractivity contribution is 7.17. The van der Waals surface area contributed by atoms with E-state index in [1.807, 2.05) is 6.92 Å². The number of nitrogens with zero attached hydrogens (tertiary/aromatic N) is 3. The van der Waals surface area contributed by atoms with Crippen LogP contribution >= 0.6 is 22.9 Å². The van der Waals surface area contributed by atoms with Crippen molar-refractivity contribution in [1.82, 2.24) is 4.98 Å². The summed E-state index contributed by atoms with van der Waals surface area (Å²) in [7, 11) is 1.25. The van der Waals surface area contributed by atoms with Crippen molar-refractivity contribution < 1.29 is 23.5 Å². The molecule has 0 aliphatic carbocycles. The van der Waals surface area contributed by atoms with Crippen LogP contribution in [0.4, 0.5) is 10.8 Å². The first-order valence-corrected chi connectivity index (χ1v) is 13.0. The molecule has 4 heterocycles. The molecule has 6 rings (SSSR count). The molecule has 0 bridgehead atoms. The van der Waals surface area contributed by atoms with Gasteiger partial charge in [0.1, 0.15) is 10.5 Å². The van der Waals surface area contributed by atoms with Crippen LogP contribution in [0.1, 0.15) is 50.4 Å². The SMILES string of the molecule is CCCN1C(=O)C2(c3ccccc31)c1c(oc3ccc(Cl)cc3c1=O)C(=O)N2c1nc(C)c(C(=O)OC)s1. The molecule has 0 saturated carbocycles. The number of fused-ring (bicyclic) bond motifs is 5. The quantitative estimate of drug-likeness (QED) is 0.340. The zero-order valence-electron chi connectivity index (χ0n) is 20.5. The molecule has 9 nitrogen and oxygen atoms in total. The van der Waals surface area contributed by atoms with Crippen LogP contribution in [0, 0.1) is 6.92 Å². The van der Waals surface area contributed by atoms with Crippen LogP contribution in [0.2, 0.25) is 5.02 Å². The van der Waals surface area contributed by atoms with Crippen molar-refractivity contribution in [2.75, 3.05) is 23.5 Å². The fraction of sp³-hybridized carbons (Fsp3) is 0.222. The molecule has 1 unspecified atom stereocenters. The van der Waals surface area contributed by atoms with Gasteiger partial charge < -0.3 is 14.1 Å². The van der Waals surface area contributed by atoms with Crippen molar-refractivity contribution in [1.29, 1.82) is 0 Å². The summed E-state index contributed by atoms with van der Waals surface area (Å²) < 4.78 is 10.9. The Balaban J connectivity index is 1.75. The van der Waals surface area contributed by atoms with Gasteiger partial charge in [0.2, 0.25) is 5.76 Å². The number of esters is 1. The zero-order valence-corrected chi connectivity index (χ0v) is 22.1. The van der Waals surface area contributed by atoms with Crippen LogP contribution in [-0.2, 0) is 15.1 Å². The summed E-state index contributed by atoms with van der Waals surface area (Å²) in [5.74, 6) is -2.06. The summed E-state index contributed by atoms with van der Waals surface area (Å²) in [6, 6.07) is 11.6. The zero-order chi connectivity index (χ0) is 26.9. The number of amides is 2. The predicted molar refractivity (Wildman–Crippen MR) is 142 cm³/mol. The second kappa shape index (κ2) is 8.50. The first-order chi connectivity index (χ1) is 18.2. The summed E-state index contributed by atoms with van der Waals surface area (Å²) in [5, 5.41) is 0.529. The van der Waals surface area contributed by atoms with Gasteiger partial charge in [-0.1, -0.05) is 48.1 Å². The molecule has 38 heavy (non-hydrogen) atoms. The van der Waals surface area contributed by atoms with Gasteiger partial charge in [0.05, 0.1) is 29.4 Å². The number of methoxy groups -OCH3 is 1. The minimum Gasteiger partial charge on any atom is -0.465 e. The highest BCUT2D eigenvalue weighted by atomic mass is 35.5. The number of para-hydroxylation sites is 1. The van der Waals surface area contributed by atoms with E-state index in [0.717, 1.165) is 11.3 Å². The number of carbonyl (C=O) groups is 3. The summed E-state index contributed by atoms with van der Waals surface area (Å²) in [5.41, 5.74) is -0.992. The van der Waals surface area contributed by atoms with Gasteiger partial charge in [-0.2, -0.15) is 0 Å². The molecule has 1 spiro atoms. The standard InChI is InChI=1S/C27H20ClN3O6S/c1-4-11-30-17-8-6-5-7-16(17)27(25(30)35)19-20(32)15-12-14(28)9-10-18(15)37-21(19)23(33)31(27)26-29-13(2)22(38-26)24(34)36-3/h5-10,12H,4,11H2,1-3H3. The molecule has 2 aliphatic heterocycles. The van der Waals surface area contributed by atoms with Crippen LogP contribution in [0.15, 0.2) is 51.7 Å². The molecule has 0 N–H and O–H groups in total. The van der Waals surface area contributed by atoms with E-state index >= 15 is 0 Å². The Bertz CT molecular complexity index is 1760. The van der Waals surface area contributed by atoms with E-state index in [0.29, 0.717) is 34.9 Å². The molecular weight excluding hydrogens is 530 g/mol. The third-order valence-corrected chi connectivity index (χ3v) is 8.24. The number of rotatable bonds is 4. The lowest BCUT2D eigenvalue weighted by Crippen LogP contribution is -2.53. The van der Waals surface area contributed by atoms with Crippen molar-refractivity contribution >= 4 is 62.5 Å². The molecule has 1 atom stereocenters. The Kier molecular flexibility index (Phi) is 5.44. The highest BCUT2D eigenvalue weighted by Gasteiger charge is 2.66. The summed E-state index contributed by atoms with van der Waals surface area (Å²) in [4.78, 5) is 62.7. The number of aryl methyl sites for hydroxylation is 1. The van der Waals surface area contributed by atoms with Crippen molar-refractivity contribution in [2.45, 2.75) is 25.8 Å². The van der Waals surface area contributed by atoms with Crippen molar-refractivity contribution in [3.8, 4) is 0 Å². The van der Waals surface area contributed by atoms with Gasteiger partial charge in [0.15, 0.2) is 16.1 Å². The number of hydrogen-bond acceptors (Lipinski definition) is 8. The number of halogens is 1. The molecule has 0 fully saturated rings. The number of ether oxygens (including phenoxy) is 1. The van der Waals surface area contributed by atoms with E-state index in [2.05, 4.69) is 4.98 Å². The van der Waals surface area contributed by atoms with E-state index in [1.165, 1.54) is 24.1 Å². The summed E-state index contributed by atoms with van der Waals surface area (Å²) >= 11 is 7.11. The molecular formula is C27H20ClN3O6S. The second-order valence-electron chi connectivity index (χ2n) is 9.00. The Hall–Kier alpha value is -4.02. The first-order valence-electron chi connectivity index (χ1n) is 11.8. The maximum Gasteiger partial charge on any atom is 0.350 e. The third kappa shape index (κ3) is 3.01. The number of hydrogen-bond donors (Lipinski definition) is 0. The molecule has 192 valence electrons. The van der Waals surface area contributed by atoms with E-state index < -0.39 is 28.8 Å². The minimum absolute atomic E-state index is 0.0716. The van der Waals surface area contributed by atoms with Gasteiger partial charge >= 0.3 is 5.97 Å². The molecule has 0 radical (unpaired) electrons. The van der Waals surface area contributed by atoms with Crippen molar-refractivity contribution in [3.63, 3.8) is 0 Å². The van der Waals surface area contributed by atoms with E-state index in [1.54, 1.807) is 42.2 Å². The second-order valence-corrected chi connectivity index (χ2v) is 10.4.